The molecule has 64 valence electrons. The lowest BCUT2D eigenvalue weighted by molar-refractivity contribution is 0.460. The van der Waals surface area contributed by atoms with Crippen LogP contribution in [-0.2, 0) is 0 Å². The van der Waals surface area contributed by atoms with Gasteiger partial charge in [-0.3, -0.25) is 0 Å². The molecule has 2 nitrogen and oxygen atoms in total. The van der Waals surface area contributed by atoms with E-state index in [1.54, 1.807) is 0 Å². The summed E-state index contributed by atoms with van der Waals surface area (Å²) < 4.78 is 0. The Morgan fingerprint density at radius 2 is 2.36 bits per heavy atom. The zero-order chi connectivity index (χ0) is 8.10. The van der Waals surface area contributed by atoms with Gasteiger partial charge in [-0.1, -0.05) is 18.6 Å². The Hall–Kier alpha value is -0.340. The second-order valence-electron chi connectivity index (χ2n) is 3.20. The third kappa shape index (κ3) is 2.64. The molecule has 2 heteroatoms. The first-order valence-corrected chi connectivity index (χ1v) is 4.45. The predicted octanol–water partition coefficient (Wildman–Crippen LogP) is 1.03. The van der Waals surface area contributed by atoms with Crippen molar-refractivity contribution in [2.45, 2.75) is 31.7 Å². The van der Waals surface area contributed by atoms with Gasteiger partial charge in [-0.25, -0.2) is 0 Å². The normalized spacial score (nSPS) is 25.5. The first-order chi connectivity index (χ1) is 5.34. The summed E-state index contributed by atoms with van der Waals surface area (Å²) in [5.74, 6) is 0. The minimum Gasteiger partial charge on any atom is -0.329 e. The summed E-state index contributed by atoms with van der Waals surface area (Å²) in [5, 5.41) is 3.40. The van der Waals surface area contributed by atoms with Crippen LogP contribution in [0.1, 0.15) is 25.7 Å². The fourth-order valence-corrected chi connectivity index (χ4v) is 1.58. The molecule has 0 saturated heterocycles. The van der Waals surface area contributed by atoms with Crippen molar-refractivity contribution in [1.29, 1.82) is 0 Å². The molecular weight excluding hydrogens is 136 g/mol. The Bertz CT molecular complexity index is 132. The Morgan fingerprint density at radius 3 is 3.00 bits per heavy atom. The lowest BCUT2D eigenvalue weighted by Crippen LogP contribution is -2.36. The third-order valence-electron chi connectivity index (χ3n) is 2.27. The van der Waals surface area contributed by atoms with Crippen LogP contribution in [0.3, 0.4) is 0 Å². The van der Waals surface area contributed by atoms with E-state index in [1.165, 1.54) is 31.3 Å². The molecule has 0 spiro atoms. The molecule has 1 atom stereocenters. The lowest BCUT2D eigenvalue weighted by Gasteiger charge is -2.25. The molecule has 11 heavy (non-hydrogen) atoms. The second-order valence-corrected chi connectivity index (χ2v) is 3.20. The van der Waals surface area contributed by atoms with Gasteiger partial charge < -0.3 is 11.1 Å². The van der Waals surface area contributed by atoms with Crippen molar-refractivity contribution >= 4 is 0 Å². The van der Waals surface area contributed by atoms with E-state index >= 15 is 0 Å². The average molecular weight is 154 g/mol. The summed E-state index contributed by atoms with van der Waals surface area (Å²) in [6, 6.07) is 0.548. The molecule has 0 amide bonds. The van der Waals surface area contributed by atoms with Gasteiger partial charge >= 0.3 is 0 Å². The van der Waals surface area contributed by atoms with Crippen LogP contribution >= 0.6 is 0 Å². The molecule has 3 N–H and O–H groups in total. The van der Waals surface area contributed by atoms with Gasteiger partial charge in [-0.15, -0.1) is 0 Å². The minimum absolute atomic E-state index is 0.548. The van der Waals surface area contributed by atoms with Crippen molar-refractivity contribution in [3.63, 3.8) is 0 Å². The first kappa shape index (κ1) is 8.75. The van der Waals surface area contributed by atoms with Gasteiger partial charge in [0.05, 0.1) is 0 Å². The van der Waals surface area contributed by atoms with Gasteiger partial charge in [0.25, 0.3) is 0 Å². The first-order valence-electron chi connectivity index (χ1n) is 4.45. The molecule has 1 rings (SSSR count). The monoisotopic (exact) mass is 154 g/mol. The Labute approximate surface area is 68.9 Å². The molecule has 0 aliphatic heterocycles. The van der Waals surface area contributed by atoms with Crippen LogP contribution in [-0.4, -0.2) is 19.1 Å². The molecule has 1 aliphatic carbocycles. The van der Waals surface area contributed by atoms with Gasteiger partial charge in [0.2, 0.25) is 0 Å². The molecule has 1 fully saturated rings. The third-order valence-corrected chi connectivity index (χ3v) is 2.27. The zero-order valence-electron chi connectivity index (χ0n) is 7.10. The SMILES string of the molecule is C=C1CCCCC1NCCN. The maximum Gasteiger partial charge on any atom is 0.0277 e. The number of hydrogen-bond acceptors (Lipinski definition) is 2. The Balaban J connectivity index is 2.24. The van der Waals surface area contributed by atoms with Crippen molar-refractivity contribution in [3.8, 4) is 0 Å². The van der Waals surface area contributed by atoms with Crippen molar-refractivity contribution in [2.75, 3.05) is 13.1 Å². The Morgan fingerprint density at radius 1 is 1.55 bits per heavy atom. The van der Waals surface area contributed by atoms with Crippen LogP contribution in [0.2, 0.25) is 0 Å². The zero-order valence-corrected chi connectivity index (χ0v) is 7.10. The molecule has 1 saturated carbocycles. The molecule has 0 heterocycles. The fraction of sp³-hybridized carbons (Fsp3) is 0.778. The van der Waals surface area contributed by atoms with E-state index in [0.29, 0.717) is 6.04 Å². The summed E-state index contributed by atoms with van der Waals surface area (Å²) in [6.07, 6.45) is 5.10. The summed E-state index contributed by atoms with van der Waals surface area (Å²) in [4.78, 5) is 0. The van der Waals surface area contributed by atoms with Gasteiger partial charge in [0.15, 0.2) is 0 Å². The van der Waals surface area contributed by atoms with E-state index in [1.807, 2.05) is 0 Å². The second kappa shape index (κ2) is 4.52. The number of nitrogens with two attached hydrogens (primary N) is 1. The summed E-state index contributed by atoms with van der Waals surface area (Å²) in [5.41, 5.74) is 6.76. The molecule has 1 aliphatic rings. The highest BCUT2D eigenvalue weighted by atomic mass is 14.9. The van der Waals surface area contributed by atoms with Crippen molar-refractivity contribution in [3.05, 3.63) is 12.2 Å². The van der Waals surface area contributed by atoms with Gasteiger partial charge in [0.1, 0.15) is 0 Å². The van der Waals surface area contributed by atoms with E-state index in [9.17, 15) is 0 Å². The van der Waals surface area contributed by atoms with Gasteiger partial charge in [0, 0.05) is 19.1 Å². The molecule has 0 radical (unpaired) electrons. The maximum atomic E-state index is 5.40. The lowest BCUT2D eigenvalue weighted by atomic mass is 9.91. The molecule has 0 bridgehead atoms. The van der Waals surface area contributed by atoms with E-state index < -0.39 is 0 Å². The largest absolute Gasteiger partial charge is 0.329 e. The number of nitrogens with one attached hydrogen (secondary N) is 1. The van der Waals surface area contributed by atoms with E-state index in [0.717, 1.165) is 13.1 Å². The smallest absolute Gasteiger partial charge is 0.0277 e. The molecule has 0 aromatic heterocycles. The summed E-state index contributed by atoms with van der Waals surface area (Å²) in [6.45, 7) is 5.69. The standard InChI is InChI=1S/C9H18N2/c1-8-4-2-3-5-9(8)11-7-6-10/h9,11H,1-7,10H2. The predicted molar refractivity (Wildman–Crippen MR) is 48.5 cm³/mol. The highest BCUT2D eigenvalue weighted by Crippen LogP contribution is 2.21. The molecule has 1 unspecified atom stereocenters. The van der Waals surface area contributed by atoms with Crippen LogP contribution < -0.4 is 11.1 Å². The van der Waals surface area contributed by atoms with Crippen LogP contribution in [0.4, 0.5) is 0 Å². The van der Waals surface area contributed by atoms with E-state index in [4.69, 9.17) is 5.73 Å². The van der Waals surface area contributed by atoms with Crippen LogP contribution in [0.5, 0.6) is 0 Å². The van der Waals surface area contributed by atoms with E-state index in [2.05, 4.69) is 11.9 Å². The van der Waals surface area contributed by atoms with E-state index in [-0.39, 0.29) is 0 Å². The molecular formula is C9H18N2. The fourth-order valence-electron chi connectivity index (χ4n) is 1.58. The molecule has 0 aromatic carbocycles. The minimum atomic E-state index is 0.548. The summed E-state index contributed by atoms with van der Waals surface area (Å²) in [7, 11) is 0. The van der Waals surface area contributed by atoms with Gasteiger partial charge in [-0.05, 0) is 19.3 Å². The molecule has 0 aromatic rings. The highest BCUT2D eigenvalue weighted by Gasteiger charge is 2.15. The van der Waals surface area contributed by atoms with Crippen molar-refractivity contribution in [2.24, 2.45) is 5.73 Å². The number of rotatable bonds is 3. The van der Waals surface area contributed by atoms with Crippen LogP contribution in [0, 0.1) is 0 Å². The number of hydrogen-bond donors (Lipinski definition) is 2. The van der Waals surface area contributed by atoms with Crippen molar-refractivity contribution in [1.82, 2.24) is 5.32 Å². The Kier molecular flexibility index (Phi) is 3.60. The average Bonchev–Trinajstić information content (AvgIpc) is 2.03. The maximum absolute atomic E-state index is 5.40. The van der Waals surface area contributed by atoms with Crippen molar-refractivity contribution < 1.29 is 0 Å². The van der Waals surface area contributed by atoms with Gasteiger partial charge in [-0.2, -0.15) is 0 Å². The van der Waals surface area contributed by atoms with Crippen LogP contribution in [0.15, 0.2) is 12.2 Å². The quantitative estimate of drug-likeness (QED) is 0.596. The highest BCUT2D eigenvalue weighted by molar-refractivity contribution is 5.07. The topological polar surface area (TPSA) is 38.0 Å². The summed E-state index contributed by atoms with van der Waals surface area (Å²) >= 11 is 0. The van der Waals surface area contributed by atoms with Crippen LogP contribution in [0.25, 0.3) is 0 Å².